The van der Waals surface area contributed by atoms with E-state index in [-0.39, 0.29) is 16.7 Å². The molecule has 1 aliphatic carbocycles. The van der Waals surface area contributed by atoms with E-state index in [4.69, 9.17) is 9.47 Å². The molecule has 2 aliphatic rings. The van der Waals surface area contributed by atoms with Crippen molar-refractivity contribution in [2.24, 2.45) is 5.92 Å². The van der Waals surface area contributed by atoms with Crippen molar-refractivity contribution in [2.75, 3.05) is 19.1 Å². The molecule has 10 heteroatoms. The summed E-state index contributed by atoms with van der Waals surface area (Å²) in [5, 5.41) is 19.7. The van der Waals surface area contributed by atoms with Crippen LogP contribution in [0.3, 0.4) is 0 Å². The first-order valence-electron chi connectivity index (χ1n) is 10.1. The fourth-order valence-electron chi connectivity index (χ4n) is 3.80. The van der Waals surface area contributed by atoms with Crippen molar-refractivity contribution in [3.05, 3.63) is 70.0 Å². The van der Waals surface area contributed by atoms with Gasteiger partial charge in [0, 0.05) is 5.56 Å². The van der Waals surface area contributed by atoms with Crippen LogP contribution < -0.4 is 9.64 Å². The Hall–Kier alpha value is -3.79. The first-order valence-corrected chi connectivity index (χ1v) is 10.9. The summed E-state index contributed by atoms with van der Waals surface area (Å²) in [6.45, 7) is 1.74. The van der Waals surface area contributed by atoms with Crippen LogP contribution in [0.15, 0.2) is 59.4 Å². The monoisotopic (exact) mass is 467 g/mol. The lowest BCUT2D eigenvalue weighted by molar-refractivity contribution is -0.143. The van der Waals surface area contributed by atoms with E-state index in [1.165, 1.54) is 30.5 Å². The number of nitrogens with zero attached hydrogens (tertiary/aromatic N) is 3. The summed E-state index contributed by atoms with van der Waals surface area (Å²) in [7, 11) is 2.83. The van der Waals surface area contributed by atoms with E-state index in [0.29, 0.717) is 28.3 Å². The van der Waals surface area contributed by atoms with Gasteiger partial charge < -0.3 is 14.6 Å². The van der Waals surface area contributed by atoms with Gasteiger partial charge in [0.15, 0.2) is 11.5 Å². The van der Waals surface area contributed by atoms with Gasteiger partial charge in [0.2, 0.25) is 5.13 Å². The second-order valence-corrected chi connectivity index (χ2v) is 8.59. The highest BCUT2D eigenvalue weighted by Gasteiger charge is 2.46. The highest BCUT2D eigenvalue weighted by molar-refractivity contribution is 7.15. The van der Waals surface area contributed by atoms with Gasteiger partial charge in [0.25, 0.3) is 5.91 Å². The topological polar surface area (TPSA) is 119 Å². The Balaban J connectivity index is 1.77. The second kappa shape index (κ2) is 8.99. The van der Waals surface area contributed by atoms with Crippen LogP contribution in [0.25, 0.3) is 0 Å². The third kappa shape index (κ3) is 4.05. The van der Waals surface area contributed by atoms with E-state index in [2.05, 4.69) is 10.2 Å². The number of hydrogen-bond acceptors (Lipinski definition) is 9. The molecule has 170 valence electrons. The minimum atomic E-state index is -0.922. The van der Waals surface area contributed by atoms with Crippen molar-refractivity contribution >= 4 is 34.1 Å². The van der Waals surface area contributed by atoms with Gasteiger partial charge in [-0.25, -0.2) is 0 Å². The van der Waals surface area contributed by atoms with E-state index in [0.717, 1.165) is 0 Å². The molecule has 2 heterocycles. The molecule has 2 atom stereocenters. The summed E-state index contributed by atoms with van der Waals surface area (Å²) in [4.78, 5) is 39.7. The van der Waals surface area contributed by atoms with Gasteiger partial charge in [-0.15, -0.1) is 10.2 Å². The molecule has 9 nitrogen and oxygen atoms in total. The zero-order valence-corrected chi connectivity index (χ0v) is 19.0. The Kier molecular flexibility index (Phi) is 6.10. The summed E-state index contributed by atoms with van der Waals surface area (Å²) in [5.74, 6) is -2.15. The molecule has 2 unspecified atom stereocenters. The van der Waals surface area contributed by atoms with Crippen LogP contribution in [0.1, 0.15) is 21.8 Å². The molecule has 0 radical (unpaired) electrons. The number of ether oxygens (including phenoxy) is 2. The van der Waals surface area contributed by atoms with E-state index < -0.39 is 29.4 Å². The number of benzene rings is 1. The van der Waals surface area contributed by atoms with Crippen molar-refractivity contribution in [1.82, 2.24) is 10.2 Å². The van der Waals surface area contributed by atoms with Crippen LogP contribution in [-0.2, 0) is 14.3 Å². The lowest BCUT2D eigenvalue weighted by Gasteiger charge is -2.27. The first-order chi connectivity index (χ1) is 15.8. The number of Topliss-reactive ketones (excluding diaryl/α,β-unsaturated/α-hetero) is 1. The predicted octanol–water partition coefficient (Wildman–Crippen LogP) is 2.94. The number of carbonyl (C=O) groups is 3. The largest absolute Gasteiger partial charge is 0.503 e. The maximum atomic E-state index is 13.5. The molecule has 2 aromatic rings. The summed E-state index contributed by atoms with van der Waals surface area (Å²) < 4.78 is 9.94. The van der Waals surface area contributed by atoms with Crippen molar-refractivity contribution in [3.8, 4) is 5.75 Å². The number of aliphatic hydroxyl groups is 1. The van der Waals surface area contributed by atoms with Crippen LogP contribution in [0.4, 0.5) is 5.13 Å². The Morgan fingerprint density at radius 3 is 2.45 bits per heavy atom. The normalized spacial score (nSPS) is 20.2. The molecular weight excluding hydrogens is 446 g/mol. The number of amides is 1. The zero-order chi connectivity index (χ0) is 23.7. The molecule has 1 amide bonds. The molecular formula is C23H21N3O6S. The number of rotatable bonds is 6. The number of aliphatic hydroxyl groups excluding tert-OH is 1. The van der Waals surface area contributed by atoms with Crippen molar-refractivity contribution in [2.45, 2.75) is 19.4 Å². The maximum absolute atomic E-state index is 13.5. The summed E-state index contributed by atoms with van der Waals surface area (Å²) in [5.41, 5.74) is 0.806. The predicted molar refractivity (Wildman–Crippen MR) is 120 cm³/mol. The minimum absolute atomic E-state index is 0.0644. The van der Waals surface area contributed by atoms with E-state index in [9.17, 15) is 19.5 Å². The van der Waals surface area contributed by atoms with Crippen molar-refractivity contribution in [1.29, 1.82) is 0 Å². The van der Waals surface area contributed by atoms with Gasteiger partial charge >= 0.3 is 5.97 Å². The summed E-state index contributed by atoms with van der Waals surface area (Å²) >= 11 is 1.17. The Morgan fingerprint density at radius 1 is 1.18 bits per heavy atom. The molecule has 33 heavy (non-hydrogen) atoms. The van der Waals surface area contributed by atoms with Crippen molar-refractivity contribution < 1.29 is 29.0 Å². The molecule has 0 saturated carbocycles. The molecule has 0 saturated heterocycles. The quantitative estimate of drug-likeness (QED) is 0.509. The molecule has 1 aliphatic heterocycles. The number of methoxy groups -OCH3 is 2. The number of carbonyl (C=O) groups excluding carboxylic acids is 3. The molecule has 0 bridgehead atoms. The number of ketones is 1. The summed E-state index contributed by atoms with van der Waals surface area (Å²) in [6.07, 6.45) is 5.43. The molecule has 4 rings (SSSR count). The Labute approximate surface area is 193 Å². The summed E-state index contributed by atoms with van der Waals surface area (Å²) in [6, 6.07) is 5.47. The first kappa shape index (κ1) is 22.4. The lowest BCUT2D eigenvalue weighted by atomic mass is 9.87. The van der Waals surface area contributed by atoms with E-state index in [1.54, 1.807) is 49.4 Å². The van der Waals surface area contributed by atoms with E-state index >= 15 is 0 Å². The SMILES string of the molecule is COC(=O)C1C=CC(C2C(C(=O)c3ccc(OC)cc3)=C(O)C(=O)N2c2nnc(C)s2)=CC1. The lowest BCUT2D eigenvalue weighted by Crippen LogP contribution is -2.38. The second-order valence-electron chi connectivity index (χ2n) is 7.43. The number of esters is 1. The van der Waals surface area contributed by atoms with Gasteiger partial charge in [0.05, 0.1) is 31.8 Å². The fourth-order valence-corrected chi connectivity index (χ4v) is 4.51. The third-order valence-electron chi connectivity index (χ3n) is 5.47. The maximum Gasteiger partial charge on any atom is 0.312 e. The van der Waals surface area contributed by atoms with Crippen LogP contribution in [0.2, 0.25) is 0 Å². The van der Waals surface area contributed by atoms with Crippen LogP contribution in [0, 0.1) is 12.8 Å². The van der Waals surface area contributed by atoms with Gasteiger partial charge in [-0.05, 0) is 43.2 Å². The number of allylic oxidation sites excluding steroid dienone is 1. The van der Waals surface area contributed by atoms with Gasteiger partial charge in [-0.2, -0.15) is 0 Å². The number of aromatic nitrogens is 2. The molecule has 1 aromatic heterocycles. The number of anilines is 1. The van der Waals surface area contributed by atoms with Gasteiger partial charge in [-0.1, -0.05) is 29.6 Å². The third-order valence-corrected chi connectivity index (χ3v) is 6.31. The van der Waals surface area contributed by atoms with E-state index in [1.807, 2.05) is 0 Å². The average Bonchev–Trinajstić information content (AvgIpc) is 3.38. The highest BCUT2D eigenvalue weighted by Crippen LogP contribution is 2.39. The van der Waals surface area contributed by atoms with Crippen LogP contribution >= 0.6 is 11.3 Å². The molecule has 0 spiro atoms. The zero-order valence-electron chi connectivity index (χ0n) is 18.1. The number of hydrogen-bond donors (Lipinski definition) is 1. The van der Waals surface area contributed by atoms with Crippen LogP contribution in [0.5, 0.6) is 5.75 Å². The molecule has 1 N–H and O–H groups in total. The average molecular weight is 468 g/mol. The minimum Gasteiger partial charge on any atom is -0.503 e. The van der Waals surface area contributed by atoms with Crippen molar-refractivity contribution in [3.63, 3.8) is 0 Å². The number of aryl methyl sites for hydroxylation is 1. The fraction of sp³-hybridized carbons (Fsp3) is 0.261. The Bertz CT molecular complexity index is 1210. The molecule has 0 fully saturated rings. The standard InChI is InChI=1S/C23H21N3O6S/c1-12-24-25-23(33-12)26-18(13-4-6-15(7-5-13)22(30)32-3)17(20(28)21(26)29)19(27)14-8-10-16(31-2)11-9-14/h4-6,8-11,15,18,28H,7H2,1-3H3. The van der Waals surface area contributed by atoms with Gasteiger partial charge in [0.1, 0.15) is 10.8 Å². The Morgan fingerprint density at radius 2 is 1.91 bits per heavy atom. The van der Waals surface area contributed by atoms with Gasteiger partial charge in [-0.3, -0.25) is 19.3 Å². The smallest absolute Gasteiger partial charge is 0.312 e. The molecule has 1 aromatic carbocycles. The highest BCUT2D eigenvalue weighted by atomic mass is 32.1. The van der Waals surface area contributed by atoms with Crippen LogP contribution in [-0.4, -0.2) is 53.2 Å².